The van der Waals surface area contributed by atoms with Crippen molar-refractivity contribution in [3.8, 4) is 5.75 Å². The van der Waals surface area contributed by atoms with Gasteiger partial charge in [-0.1, -0.05) is 38.1 Å². The Morgan fingerprint density at radius 2 is 1.68 bits per heavy atom. The number of ether oxygens (including phenoxy) is 1. The highest BCUT2D eigenvalue weighted by Gasteiger charge is 2.13. The third-order valence-corrected chi connectivity index (χ3v) is 4.08. The van der Waals surface area contributed by atoms with Crippen molar-refractivity contribution in [1.82, 2.24) is 5.32 Å². The SMILES string of the molecule is CC(C)c1ccc(CCCNC(=O)[C@H](C)Oc2ccc(F)cc2)cc1. The second-order valence-electron chi connectivity index (χ2n) is 6.50. The van der Waals surface area contributed by atoms with Gasteiger partial charge in [-0.05, 0) is 61.1 Å². The number of halogens is 1. The van der Waals surface area contributed by atoms with Crippen LogP contribution < -0.4 is 10.1 Å². The van der Waals surface area contributed by atoms with Gasteiger partial charge in [0.05, 0.1) is 0 Å². The molecular weight excluding hydrogens is 317 g/mol. The van der Waals surface area contributed by atoms with Gasteiger partial charge in [-0.15, -0.1) is 0 Å². The van der Waals surface area contributed by atoms with Crippen LogP contribution in [0.1, 0.15) is 44.2 Å². The monoisotopic (exact) mass is 343 g/mol. The number of hydrogen-bond acceptors (Lipinski definition) is 2. The first kappa shape index (κ1) is 19.0. The van der Waals surface area contributed by atoms with E-state index in [1.165, 1.54) is 35.4 Å². The minimum absolute atomic E-state index is 0.167. The molecule has 0 unspecified atom stereocenters. The van der Waals surface area contributed by atoms with Gasteiger partial charge in [-0.2, -0.15) is 0 Å². The second kappa shape index (κ2) is 9.21. The predicted octanol–water partition coefficient (Wildman–Crippen LogP) is 4.47. The molecule has 0 bridgehead atoms. The Hall–Kier alpha value is -2.36. The van der Waals surface area contributed by atoms with E-state index in [0.29, 0.717) is 18.2 Å². The van der Waals surface area contributed by atoms with E-state index >= 15 is 0 Å². The molecule has 0 radical (unpaired) electrons. The van der Waals surface area contributed by atoms with Crippen LogP contribution in [0.15, 0.2) is 48.5 Å². The van der Waals surface area contributed by atoms with Crippen molar-refractivity contribution in [2.24, 2.45) is 0 Å². The fourth-order valence-corrected chi connectivity index (χ4v) is 2.49. The first-order valence-corrected chi connectivity index (χ1v) is 8.74. The number of carbonyl (C=O) groups excluding carboxylic acids is 1. The highest BCUT2D eigenvalue weighted by atomic mass is 19.1. The van der Waals surface area contributed by atoms with E-state index in [9.17, 15) is 9.18 Å². The molecule has 0 aromatic heterocycles. The number of carbonyl (C=O) groups is 1. The van der Waals surface area contributed by atoms with Gasteiger partial charge in [0.1, 0.15) is 11.6 Å². The van der Waals surface area contributed by atoms with Crippen LogP contribution in [0.4, 0.5) is 4.39 Å². The summed E-state index contributed by atoms with van der Waals surface area (Å²) in [4.78, 5) is 12.0. The topological polar surface area (TPSA) is 38.3 Å². The molecule has 0 saturated carbocycles. The van der Waals surface area contributed by atoms with Crippen molar-refractivity contribution in [3.63, 3.8) is 0 Å². The average Bonchev–Trinajstić information content (AvgIpc) is 2.60. The molecule has 2 aromatic rings. The van der Waals surface area contributed by atoms with Gasteiger partial charge >= 0.3 is 0 Å². The maximum Gasteiger partial charge on any atom is 0.260 e. The highest BCUT2D eigenvalue weighted by molar-refractivity contribution is 5.80. The van der Waals surface area contributed by atoms with Gasteiger partial charge in [-0.3, -0.25) is 4.79 Å². The summed E-state index contributed by atoms with van der Waals surface area (Å²) < 4.78 is 18.4. The molecule has 0 heterocycles. The van der Waals surface area contributed by atoms with Crippen LogP contribution in [-0.2, 0) is 11.2 Å². The molecule has 0 fully saturated rings. The molecule has 0 aliphatic rings. The van der Waals surface area contributed by atoms with E-state index in [1.807, 2.05) is 0 Å². The number of hydrogen-bond donors (Lipinski definition) is 1. The minimum atomic E-state index is -0.615. The third-order valence-electron chi connectivity index (χ3n) is 4.08. The van der Waals surface area contributed by atoms with E-state index in [0.717, 1.165) is 12.8 Å². The Morgan fingerprint density at radius 1 is 1.04 bits per heavy atom. The molecule has 1 amide bonds. The zero-order chi connectivity index (χ0) is 18.2. The number of benzene rings is 2. The van der Waals surface area contributed by atoms with E-state index in [1.54, 1.807) is 6.92 Å². The second-order valence-corrected chi connectivity index (χ2v) is 6.50. The summed E-state index contributed by atoms with van der Waals surface area (Å²) in [5.74, 6) is 0.524. The average molecular weight is 343 g/mol. The van der Waals surface area contributed by atoms with E-state index in [-0.39, 0.29) is 11.7 Å². The lowest BCUT2D eigenvalue weighted by Crippen LogP contribution is -2.36. The summed E-state index contributed by atoms with van der Waals surface area (Å²) in [6.45, 7) is 6.64. The Kier molecular flexibility index (Phi) is 6.99. The predicted molar refractivity (Wildman–Crippen MR) is 98.4 cm³/mol. The van der Waals surface area contributed by atoms with E-state index in [2.05, 4.69) is 43.4 Å². The summed E-state index contributed by atoms with van der Waals surface area (Å²) in [7, 11) is 0. The maximum absolute atomic E-state index is 12.9. The van der Waals surface area contributed by atoms with Crippen LogP contribution in [0.2, 0.25) is 0 Å². The molecule has 25 heavy (non-hydrogen) atoms. The molecule has 0 saturated heterocycles. The van der Waals surface area contributed by atoms with E-state index in [4.69, 9.17) is 4.74 Å². The van der Waals surface area contributed by atoms with Crippen LogP contribution in [0.3, 0.4) is 0 Å². The lowest BCUT2D eigenvalue weighted by molar-refractivity contribution is -0.127. The third kappa shape index (κ3) is 6.22. The fourth-order valence-electron chi connectivity index (χ4n) is 2.49. The molecule has 0 aliphatic heterocycles. The van der Waals surface area contributed by atoms with Crippen LogP contribution in [0.5, 0.6) is 5.75 Å². The maximum atomic E-state index is 12.9. The first-order valence-electron chi connectivity index (χ1n) is 8.74. The molecule has 1 N–H and O–H groups in total. The van der Waals surface area contributed by atoms with Crippen molar-refractivity contribution in [2.75, 3.05) is 6.54 Å². The zero-order valence-corrected chi connectivity index (χ0v) is 15.1. The van der Waals surface area contributed by atoms with Crippen LogP contribution >= 0.6 is 0 Å². The number of nitrogens with one attached hydrogen (secondary N) is 1. The molecule has 3 nitrogen and oxygen atoms in total. The van der Waals surface area contributed by atoms with Crippen LogP contribution in [0, 0.1) is 5.82 Å². The summed E-state index contributed by atoms with van der Waals surface area (Å²) in [5, 5.41) is 2.88. The minimum Gasteiger partial charge on any atom is -0.481 e. The summed E-state index contributed by atoms with van der Waals surface area (Å²) >= 11 is 0. The quantitative estimate of drug-likeness (QED) is 0.719. The van der Waals surface area contributed by atoms with Crippen LogP contribution in [0.25, 0.3) is 0 Å². The van der Waals surface area contributed by atoms with Gasteiger partial charge in [-0.25, -0.2) is 4.39 Å². The largest absolute Gasteiger partial charge is 0.481 e. The zero-order valence-electron chi connectivity index (χ0n) is 15.1. The Morgan fingerprint density at radius 3 is 2.28 bits per heavy atom. The standard InChI is InChI=1S/C21H26FNO2/c1-15(2)18-8-6-17(7-9-18)5-4-14-23-21(24)16(3)25-20-12-10-19(22)11-13-20/h6-13,15-16H,4-5,14H2,1-3H3,(H,23,24)/t16-/m0/s1. The van der Waals surface area contributed by atoms with Crippen LogP contribution in [-0.4, -0.2) is 18.6 Å². The Labute approximate surface area is 149 Å². The Balaban J connectivity index is 1.69. The number of rotatable bonds is 8. The normalized spacial score (nSPS) is 12.0. The summed E-state index contributed by atoms with van der Waals surface area (Å²) in [5.41, 5.74) is 2.61. The van der Waals surface area contributed by atoms with E-state index < -0.39 is 6.10 Å². The molecule has 4 heteroatoms. The van der Waals surface area contributed by atoms with Gasteiger partial charge in [0, 0.05) is 6.54 Å². The summed E-state index contributed by atoms with van der Waals surface area (Å²) in [6.07, 6.45) is 1.18. The molecule has 2 rings (SSSR count). The van der Waals surface area contributed by atoms with Crippen molar-refractivity contribution >= 4 is 5.91 Å². The lowest BCUT2D eigenvalue weighted by Gasteiger charge is -2.14. The molecule has 2 aromatic carbocycles. The smallest absolute Gasteiger partial charge is 0.260 e. The fraction of sp³-hybridized carbons (Fsp3) is 0.381. The lowest BCUT2D eigenvalue weighted by atomic mass is 10.0. The molecule has 1 atom stereocenters. The van der Waals surface area contributed by atoms with Gasteiger partial charge < -0.3 is 10.1 Å². The van der Waals surface area contributed by atoms with Gasteiger partial charge in [0.15, 0.2) is 6.10 Å². The molecular formula is C21H26FNO2. The van der Waals surface area contributed by atoms with Crippen molar-refractivity contribution in [2.45, 2.75) is 45.6 Å². The number of aryl methyl sites for hydroxylation is 1. The molecule has 134 valence electrons. The molecule has 0 spiro atoms. The first-order chi connectivity index (χ1) is 12.0. The van der Waals surface area contributed by atoms with Gasteiger partial charge in [0.25, 0.3) is 5.91 Å². The van der Waals surface area contributed by atoms with Gasteiger partial charge in [0.2, 0.25) is 0 Å². The van der Waals surface area contributed by atoms with Crippen molar-refractivity contribution in [1.29, 1.82) is 0 Å². The van der Waals surface area contributed by atoms with Crippen molar-refractivity contribution in [3.05, 3.63) is 65.5 Å². The Bertz CT molecular complexity index is 665. The van der Waals surface area contributed by atoms with Crippen molar-refractivity contribution < 1.29 is 13.9 Å². The highest BCUT2D eigenvalue weighted by Crippen LogP contribution is 2.15. The summed E-state index contributed by atoms with van der Waals surface area (Å²) in [6, 6.07) is 14.3. The molecule has 0 aliphatic carbocycles. The number of amides is 1.